The number of phenols is 1. The van der Waals surface area contributed by atoms with Gasteiger partial charge in [-0.1, -0.05) is 0 Å². The SMILES string of the molecule is COCC(CNC(=O)c1ccc(OC)c(O)c1)OC. The summed E-state index contributed by atoms with van der Waals surface area (Å²) in [5.74, 6) is -0.0443. The number of rotatable bonds is 7. The molecule has 0 saturated carbocycles. The van der Waals surface area contributed by atoms with Crippen LogP contribution in [0.2, 0.25) is 0 Å². The lowest BCUT2D eigenvalue weighted by Crippen LogP contribution is -2.35. The van der Waals surface area contributed by atoms with Gasteiger partial charge in [0.1, 0.15) is 0 Å². The van der Waals surface area contributed by atoms with E-state index in [-0.39, 0.29) is 17.8 Å². The van der Waals surface area contributed by atoms with Crippen molar-refractivity contribution in [2.75, 3.05) is 34.5 Å². The monoisotopic (exact) mass is 269 g/mol. The highest BCUT2D eigenvalue weighted by Crippen LogP contribution is 2.26. The molecule has 1 rings (SSSR count). The lowest BCUT2D eigenvalue weighted by molar-refractivity contribution is 0.0285. The van der Waals surface area contributed by atoms with Crippen LogP contribution in [0.25, 0.3) is 0 Å². The third-order valence-electron chi connectivity index (χ3n) is 2.62. The Kier molecular flexibility index (Phi) is 6.11. The molecule has 0 aromatic heterocycles. The van der Waals surface area contributed by atoms with Gasteiger partial charge >= 0.3 is 0 Å². The number of benzene rings is 1. The van der Waals surface area contributed by atoms with Gasteiger partial charge in [-0.3, -0.25) is 4.79 Å². The minimum atomic E-state index is -0.295. The molecule has 1 amide bonds. The number of carbonyl (C=O) groups is 1. The van der Waals surface area contributed by atoms with Crippen LogP contribution < -0.4 is 10.1 Å². The molecule has 1 atom stereocenters. The number of carbonyl (C=O) groups excluding carboxylic acids is 1. The van der Waals surface area contributed by atoms with Crippen LogP contribution in [0.3, 0.4) is 0 Å². The Hall–Kier alpha value is -1.79. The van der Waals surface area contributed by atoms with E-state index in [1.54, 1.807) is 20.3 Å². The highest BCUT2D eigenvalue weighted by molar-refractivity contribution is 5.94. The molecular formula is C13H19NO5. The normalized spacial score (nSPS) is 11.9. The van der Waals surface area contributed by atoms with E-state index < -0.39 is 0 Å². The van der Waals surface area contributed by atoms with E-state index in [2.05, 4.69) is 5.32 Å². The third-order valence-corrected chi connectivity index (χ3v) is 2.62. The molecule has 1 unspecified atom stereocenters. The van der Waals surface area contributed by atoms with Gasteiger partial charge < -0.3 is 24.6 Å². The third kappa shape index (κ3) is 4.42. The Morgan fingerprint density at radius 1 is 1.37 bits per heavy atom. The zero-order chi connectivity index (χ0) is 14.3. The van der Waals surface area contributed by atoms with Crippen molar-refractivity contribution in [2.24, 2.45) is 0 Å². The first-order valence-corrected chi connectivity index (χ1v) is 5.79. The summed E-state index contributed by atoms with van der Waals surface area (Å²) in [7, 11) is 4.56. The lowest BCUT2D eigenvalue weighted by atomic mass is 10.2. The highest BCUT2D eigenvalue weighted by atomic mass is 16.5. The van der Waals surface area contributed by atoms with Gasteiger partial charge in [0.25, 0.3) is 5.91 Å². The van der Waals surface area contributed by atoms with Crippen molar-refractivity contribution >= 4 is 5.91 Å². The Labute approximate surface area is 112 Å². The van der Waals surface area contributed by atoms with Crippen LogP contribution in [-0.4, -0.2) is 51.6 Å². The zero-order valence-electron chi connectivity index (χ0n) is 11.3. The van der Waals surface area contributed by atoms with E-state index in [9.17, 15) is 9.90 Å². The largest absolute Gasteiger partial charge is 0.504 e. The molecule has 6 heteroatoms. The molecule has 0 fully saturated rings. The topological polar surface area (TPSA) is 77.0 Å². The molecule has 0 aliphatic rings. The van der Waals surface area contributed by atoms with Gasteiger partial charge in [-0.25, -0.2) is 0 Å². The molecule has 1 aromatic rings. The maximum Gasteiger partial charge on any atom is 0.251 e. The van der Waals surface area contributed by atoms with Crippen molar-refractivity contribution in [3.63, 3.8) is 0 Å². The van der Waals surface area contributed by atoms with Crippen molar-refractivity contribution < 1.29 is 24.1 Å². The van der Waals surface area contributed by atoms with Gasteiger partial charge in [0.15, 0.2) is 11.5 Å². The molecule has 0 bridgehead atoms. The molecule has 0 saturated heterocycles. The molecule has 0 radical (unpaired) electrons. The maximum absolute atomic E-state index is 11.9. The fourth-order valence-electron chi connectivity index (χ4n) is 1.54. The average molecular weight is 269 g/mol. The molecule has 0 aliphatic carbocycles. The summed E-state index contributed by atoms with van der Waals surface area (Å²) in [6, 6.07) is 4.46. The molecule has 0 aliphatic heterocycles. The minimum Gasteiger partial charge on any atom is -0.504 e. The second kappa shape index (κ2) is 7.60. The zero-order valence-corrected chi connectivity index (χ0v) is 11.3. The lowest BCUT2D eigenvalue weighted by Gasteiger charge is -2.15. The van der Waals surface area contributed by atoms with E-state index in [0.29, 0.717) is 24.5 Å². The van der Waals surface area contributed by atoms with Gasteiger partial charge in [0, 0.05) is 26.3 Å². The highest BCUT2D eigenvalue weighted by Gasteiger charge is 2.12. The van der Waals surface area contributed by atoms with Crippen LogP contribution in [0.1, 0.15) is 10.4 Å². The van der Waals surface area contributed by atoms with Gasteiger partial charge in [-0.2, -0.15) is 0 Å². The van der Waals surface area contributed by atoms with Crippen molar-refractivity contribution in [3.05, 3.63) is 23.8 Å². The summed E-state index contributed by atoms with van der Waals surface area (Å²) in [6.07, 6.45) is -0.208. The summed E-state index contributed by atoms with van der Waals surface area (Å²) < 4.78 is 15.0. The number of nitrogens with one attached hydrogen (secondary N) is 1. The molecule has 106 valence electrons. The fourth-order valence-corrected chi connectivity index (χ4v) is 1.54. The van der Waals surface area contributed by atoms with Gasteiger partial charge in [-0.05, 0) is 18.2 Å². The second-order valence-electron chi connectivity index (χ2n) is 3.91. The van der Waals surface area contributed by atoms with Crippen LogP contribution in [0, 0.1) is 0 Å². The van der Waals surface area contributed by atoms with Gasteiger partial charge in [0.2, 0.25) is 0 Å². The number of ether oxygens (including phenoxy) is 3. The Balaban J connectivity index is 2.60. The maximum atomic E-state index is 11.9. The summed E-state index contributed by atoms with van der Waals surface area (Å²) in [4.78, 5) is 11.9. The number of aromatic hydroxyl groups is 1. The van der Waals surface area contributed by atoms with Crippen molar-refractivity contribution in [3.8, 4) is 11.5 Å². The molecule has 2 N–H and O–H groups in total. The van der Waals surface area contributed by atoms with E-state index in [1.165, 1.54) is 19.2 Å². The van der Waals surface area contributed by atoms with Crippen LogP contribution in [-0.2, 0) is 9.47 Å². The first kappa shape index (κ1) is 15.3. The number of methoxy groups -OCH3 is 3. The predicted molar refractivity (Wildman–Crippen MR) is 69.7 cm³/mol. The summed E-state index contributed by atoms with van der Waals surface area (Å²) in [6.45, 7) is 0.723. The van der Waals surface area contributed by atoms with Crippen molar-refractivity contribution in [2.45, 2.75) is 6.10 Å². The van der Waals surface area contributed by atoms with Gasteiger partial charge in [-0.15, -0.1) is 0 Å². The predicted octanol–water partition coefficient (Wildman–Crippen LogP) is 0.792. The smallest absolute Gasteiger partial charge is 0.251 e. The molecule has 1 aromatic carbocycles. The van der Waals surface area contributed by atoms with Crippen molar-refractivity contribution in [1.29, 1.82) is 0 Å². The van der Waals surface area contributed by atoms with Crippen LogP contribution >= 0.6 is 0 Å². The van der Waals surface area contributed by atoms with E-state index >= 15 is 0 Å². The van der Waals surface area contributed by atoms with Crippen LogP contribution in [0.5, 0.6) is 11.5 Å². The van der Waals surface area contributed by atoms with Gasteiger partial charge in [0.05, 0.1) is 19.8 Å². The van der Waals surface area contributed by atoms with Crippen LogP contribution in [0.15, 0.2) is 18.2 Å². The Bertz CT molecular complexity index is 421. The first-order valence-electron chi connectivity index (χ1n) is 5.79. The number of hydrogen-bond acceptors (Lipinski definition) is 5. The van der Waals surface area contributed by atoms with E-state index in [1.807, 2.05) is 0 Å². The number of hydrogen-bond donors (Lipinski definition) is 2. The Morgan fingerprint density at radius 2 is 2.11 bits per heavy atom. The summed E-state index contributed by atoms with van der Waals surface area (Å²) >= 11 is 0. The first-order chi connectivity index (χ1) is 9.12. The van der Waals surface area contributed by atoms with Crippen molar-refractivity contribution in [1.82, 2.24) is 5.32 Å². The molecule has 0 spiro atoms. The standard InChI is InChI=1S/C13H19NO5/c1-17-8-10(18-2)7-14-13(16)9-4-5-12(19-3)11(15)6-9/h4-6,10,15H,7-8H2,1-3H3,(H,14,16). The molecule has 6 nitrogen and oxygen atoms in total. The molecular weight excluding hydrogens is 250 g/mol. The average Bonchev–Trinajstić information content (AvgIpc) is 2.42. The summed E-state index contributed by atoms with van der Waals surface area (Å²) in [5, 5.41) is 12.3. The quantitative estimate of drug-likeness (QED) is 0.765. The fraction of sp³-hybridized carbons (Fsp3) is 0.462. The number of amides is 1. The second-order valence-corrected chi connectivity index (χ2v) is 3.91. The molecule has 0 heterocycles. The van der Waals surface area contributed by atoms with E-state index in [0.717, 1.165) is 0 Å². The number of phenolic OH excluding ortho intramolecular Hbond substituents is 1. The summed E-state index contributed by atoms with van der Waals surface area (Å²) in [5.41, 5.74) is 0.352. The van der Waals surface area contributed by atoms with E-state index in [4.69, 9.17) is 14.2 Å². The Morgan fingerprint density at radius 3 is 2.63 bits per heavy atom. The minimum absolute atomic E-state index is 0.0738. The molecule has 19 heavy (non-hydrogen) atoms. The van der Waals surface area contributed by atoms with Crippen LogP contribution in [0.4, 0.5) is 0 Å².